The smallest absolute Gasteiger partial charge is 0.293 e. The van der Waals surface area contributed by atoms with Crippen LogP contribution < -0.4 is 5.32 Å². The second-order valence-electron chi connectivity index (χ2n) is 5.99. The molecule has 0 unspecified atom stereocenters. The predicted octanol–water partition coefficient (Wildman–Crippen LogP) is 5.69. The number of amides is 1. The van der Waals surface area contributed by atoms with Crippen LogP contribution in [0.5, 0.6) is 0 Å². The molecule has 0 aliphatic heterocycles. The molecule has 0 aliphatic rings. The van der Waals surface area contributed by atoms with Gasteiger partial charge in [-0.1, -0.05) is 41.9 Å². The van der Waals surface area contributed by atoms with Gasteiger partial charge in [0, 0.05) is 27.9 Å². The van der Waals surface area contributed by atoms with Gasteiger partial charge < -0.3 is 4.42 Å². The van der Waals surface area contributed by atoms with Crippen molar-refractivity contribution in [2.75, 3.05) is 5.32 Å². The maximum atomic E-state index is 12.4. The molecular formula is C20H15ClN2O2S. The molecule has 2 aromatic carbocycles. The Labute approximate surface area is 159 Å². The van der Waals surface area contributed by atoms with Crippen LogP contribution in [0.3, 0.4) is 0 Å². The summed E-state index contributed by atoms with van der Waals surface area (Å²) in [6.45, 7) is 1.98. The molecule has 0 spiro atoms. The van der Waals surface area contributed by atoms with Crippen molar-refractivity contribution in [3.63, 3.8) is 0 Å². The molecule has 0 radical (unpaired) electrons. The molecule has 4 aromatic rings. The van der Waals surface area contributed by atoms with Crippen LogP contribution in [-0.2, 0) is 6.42 Å². The van der Waals surface area contributed by atoms with Gasteiger partial charge in [0.15, 0.2) is 10.9 Å². The predicted molar refractivity (Wildman–Crippen MR) is 105 cm³/mol. The van der Waals surface area contributed by atoms with Gasteiger partial charge in [0.25, 0.3) is 5.91 Å². The molecule has 4 rings (SSSR count). The van der Waals surface area contributed by atoms with E-state index in [1.165, 1.54) is 11.3 Å². The van der Waals surface area contributed by atoms with Gasteiger partial charge in [-0.05, 0) is 36.2 Å². The number of nitrogens with zero attached hydrogens (tertiary/aromatic N) is 1. The maximum absolute atomic E-state index is 12.4. The zero-order chi connectivity index (χ0) is 18.1. The van der Waals surface area contributed by atoms with Gasteiger partial charge in [-0.15, -0.1) is 11.3 Å². The normalized spacial score (nSPS) is 11.0. The zero-order valence-corrected chi connectivity index (χ0v) is 15.5. The number of thiazole rings is 1. The van der Waals surface area contributed by atoms with E-state index in [1.54, 1.807) is 12.3 Å². The summed E-state index contributed by atoms with van der Waals surface area (Å²) in [6.07, 6.45) is 2.49. The van der Waals surface area contributed by atoms with Crippen molar-refractivity contribution in [3.8, 4) is 0 Å². The first-order valence-electron chi connectivity index (χ1n) is 8.08. The average Bonchev–Trinajstić information content (AvgIpc) is 3.25. The molecule has 0 aliphatic carbocycles. The minimum atomic E-state index is -0.305. The molecule has 1 N–H and O–H groups in total. The van der Waals surface area contributed by atoms with Crippen molar-refractivity contribution in [2.45, 2.75) is 13.3 Å². The number of anilines is 1. The number of carbonyl (C=O) groups excluding carboxylic acids is 1. The highest BCUT2D eigenvalue weighted by Crippen LogP contribution is 2.25. The molecule has 0 saturated carbocycles. The molecular weight excluding hydrogens is 368 g/mol. The van der Waals surface area contributed by atoms with Gasteiger partial charge in [-0.3, -0.25) is 10.1 Å². The summed E-state index contributed by atoms with van der Waals surface area (Å²) in [7, 11) is 0. The van der Waals surface area contributed by atoms with Crippen LogP contribution in [-0.4, -0.2) is 10.9 Å². The van der Waals surface area contributed by atoms with E-state index < -0.39 is 0 Å². The number of fused-ring (bicyclic) bond motifs is 1. The fourth-order valence-corrected chi connectivity index (χ4v) is 3.69. The minimum absolute atomic E-state index is 0.272. The van der Waals surface area contributed by atoms with Crippen LogP contribution >= 0.6 is 22.9 Å². The Bertz CT molecular complexity index is 1070. The third-order valence-electron chi connectivity index (χ3n) is 4.04. The molecule has 4 nitrogen and oxygen atoms in total. The third-order valence-corrected chi connectivity index (χ3v) is 5.36. The van der Waals surface area contributed by atoms with Gasteiger partial charge in [-0.25, -0.2) is 4.98 Å². The molecule has 0 atom stereocenters. The molecule has 0 fully saturated rings. The summed E-state index contributed by atoms with van der Waals surface area (Å²) in [5.41, 5.74) is 2.85. The first-order chi connectivity index (χ1) is 12.6. The van der Waals surface area contributed by atoms with Gasteiger partial charge in [-0.2, -0.15) is 0 Å². The average molecular weight is 383 g/mol. The lowest BCUT2D eigenvalue weighted by Crippen LogP contribution is -2.10. The van der Waals surface area contributed by atoms with Crippen molar-refractivity contribution in [1.29, 1.82) is 0 Å². The fraction of sp³-hybridized carbons (Fsp3) is 0.100. The van der Waals surface area contributed by atoms with Crippen LogP contribution in [0.1, 0.15) is 26.6 Å². The largest absolute Gasteiger partial charge is 0.451 e. The number of rotatable bonds is 4. The highest BCUT2D eigenvalue weighted by molar-refractivity contribution is 7.15. The van der Waals surface area contributed by atoms with Gasteiger partial charge in [0.2, 0.25) is 0 Å². The van der Waals surface area contributed by atoms with Crippen molar-refractivity contribution in [3.05, 3.63) is 81.5 Å². The summed E-state index contributed by atoms with van der Waals surface area (Å²) < 4.78 is 5.58. The molecule has 1 amide bonds. The Kier molecular flexibility index (Phi) is 4.49. The molecule has 6 heteroatoms. The van der Waals surface area contributed by atoms with E-state index in [0.29, 0.717) is 10.7 Å². The van der Waals surface area contributed by atoms with Crippen molar-refractivity contribution in [1.82, 2.24) is 4.98 Å². The van der Waals surface area contributed by atoms with Crippen molar-refractivity contribution in [2.24, 2.45) is 0 Å². The summed E-state index contributed by atoms with van der Waals surface area (Å²) in [5.74, 6) is -0.0336. The van der Waals surface area contributed by atoms with E-state index in [0.717, 1.165) is 32.8 Å². The number of para-hydroxylation sites is 1. The number of aromatic nitrogens is 1. The molecule has 2 heterocycles. The van der Waals surface area contributed by atoms with E-state index in [2.05, 4.69) is 10.3 Å². The molecule has 2 aromatic heterocycles. The third kappa shape index (κ3) is 3.49. The number of hydrogen-bond acceptors (Lipinski definition) is 4. The van der Waals surface area contributed by atoms with Crippen LogP contribution in [0.4, 0.5) is 5.13 Å². The number of hydrogen-bond donors (Lipinski definition) is 1. The summed E-state index contributed by atoms with van der Waals surface area (Å²) >= 11 is 7.62. The SMILES string of the molecule is Cc1ccc(Cc2cnc(NC(=O)c3cc4ccccc4o3)s2)cc1Cl. The Morgan fingerprint density at radius 2 is 2.08 bits per heavy atom. The Morgan fingerprint density at radius 3 is 2.88 bits per heavy atom. The topological polar surface area (TPSA) is 55.1 Å². The van der Waals surface area contributed by atoms with Crippen LogP contribution in [0.25, 0.3) is 11.0 Å². The fourth-order valence-electron chi connectivity index (χ4n) is 2.65. The quantitative estimate of drug-likeness (QED) is 0.493. The van der Waals surface area contributed by atoms with E-state index in [-0.39, 0.29) is 11.7 Å². The molecule has 0 saturated heterocycles. The maximum Gasteiger partial charge on any atom is 0.293 e. The number of carbonyl (C=O) groups is 1. The van der Waals surface area contributed by atoms with Crippen LogP contribution in [0.15, 0.2) is 59.1 Å². The zero-order valence-electron chi connectivity index (χ0n) is 14.0. The summed E-state index contributed by atoms with van der Waals surface area (Å²) in [6, 6.07) is 15.3. The number of benzene rings is 2. The van der Waals surface area contributed by atoms with E-state index in [9.17, 15) is 4.79 Å². The van der Waals surface area contributed by atoms with Crippen LogP contribution in [0, 0.1) is 6.92 Å². The Balaban J connectivity index is 1.47. The summed E-state index contributed by atoms with van der Waals surface area (Å²) in [5, 5.41) is 4.99. The van der Waals surface area contributed by atoms with Crippen LogP contribution in [0.2, 0.25) is 5.02 Å². The lowest BCUT2D eigenvalue weighted by atomic mass is 10.1. The lowest BCUT2D eigenvalue weighted by molar-refractivity contribution is 0.0998. The number of aryl methyl sites for hydroxylation is 1. The van der Waals surface area contributed by atoms with E-state index in [4.69, 9.17) is 16.0 Å². The monoisotopic (exact) mass is 382 g/mol. The highest BCUT2D eigenvalue weighted by Gasteiger charge is 2.14. The number of halogens is 1. The van der Waals surface area contributed by atoms with E-state index >= 15 is 0 Å². The second-order valence-corrected chi connectivity index (χ2v) is 7.52. The van der Waals surface area contributed by atoms with Gasteiger partial charge in [0.05, 0.1) is 0 Å². The number of furan rings is 1. The lowest BCUT2D eigenvalue weighted by Gasteiger charge is -2.02. The molecule has 130 valence electrons. The Hall–Kier alpha value is -2.63. The standard InChI is InChI=1S/C20H15ClN2O2S/c1-12-6-7-13(9-16(12)21)8-15-11-22-20(26-15)23-19(24)18-10-14-4-2-3-5-17(14)25-18/h2-7,9-11H,8H2,1H3,(H,22,23,24). The van der Waals surface area contributed by atoms with Gasteiger partial charge >= 0.3 is 0 Å². The molecule has 26 heavy (non-hydrogen) atoms. The number of nitrogens with one attached hydrogen (secondary N) is 1. The van der Waals surface area contributed by atoms with Crippen molar-refractivity contribution >= 4 is 44.9 Å². The van der Waals surface area contributed by atoms with Crippen molar-refractivity contribution < 1.29 is 9.21 Å². The molecule has 0 bridgehead atoms. The summed E-state index contributed by atoms with van der Waals surface area (Å²) in [4.78, 5) is 17.7. The first-order valence-corrected chi connectivity index (χ1v) is 9.27. The highest BCUT2D eigenvalue weighted by atomic mass is 35.5. The van der Waals surface area contributed by atoms with Gasteiger partial charge in [0.1, 0.15) is 5.58 Å². The second kappa shape index (κ2) is 6.94. The Morgan fingerprint density at radius 1 is 1.23 bits per heavy atom. The minimum Gasteiger partial charge on any atom is -0.451 e. The first kappa shape index (κ1) is 16.8. The van der Waals surface area contributed by atoms with E-state index in [1.807, 2.05) is 49.4 Å².